The third-order valence-electron chi connectivity index (χ3n) is 4.55. The maximum atomic E-state index is 13.1. The maximum Gasteiger partial charge on any atom is 0.208 e. The second-order valence-electron chi connectivity index (χ2n) is 6.20. The number of benzene rings is 2. The molecule has 0 bridgehead atoms. The maximum absolute atomic E-state index is 13.1. The molecule has 8 heteroatoms. The summed E-state index contributed by atoms with van der Waals surface area (Å²) in [5.74, 6) is 0. The Morgan fingerprint density at radius 2 is 1.77 bits per heavy atom. The number of sulfone groups is 1. The summed E-state index contributed by atoms with van der Waals surface area (Å²) in [6, 6.07) is 9.84. The predicted molar refractivity (Wildman–Crippen MR) is 105 cm³/mol. The summed E-state index contributed by atoms with van der Waals surface area (Å²) < 4.78 is 26.2. The molecule has 0 amide bonds. The fourth-order valence-corrected chi connectivity index (χ4v) is 5.22. The molecule has 5 nitrogen and oxygen atoms in total. The Morgan fingerprint density at radius 3 is 2.50 bits per heavy atom. The van der Waals surface area contributed by atoms with Crippen molar-refractivity contribution in [2.24, 2.45) is 0 Å². The number of rotatable bonds is 3. The van der Waals surface area contributed by atoms with Crippen LogP contribution in [0, 0.1) is 0 Å². The van der Waals surface area contributed by atoms with E-state index in [-0.39, 0.29) is 9.79 Å². The molecule has 3 aromatic rings. The van der Waals surface area contributed by atoms with Crippen LogP contribution in [0.15, 0.2) is 52.4 Å². The zero-order valence-corrected chi connectivity index (χ0v) is 16.1. The van der Waals surface area contributed by atoms with Gasteiger partial charge in [-0.25, -0.2) is 8.42 Å². The van der Waals surface area contributed by atoms with Crippen molar-refractivity contribution in [2.45, 2.75) is 9.79 Å². The van der Waals surface area contributed by atoms with Crippen LogP contribution in [-0.4, -0.2) is 39.6 Å². The second-order valence-corrected chi connectivity index (χ2v) is 8.99. The molecule has 1 fully saturated rings. The average Bonchev–Trinajstić information content (AvgIpc) is 3.06. The number of H-pyrrole nitrogens is 1. The highest BCUT2D eigenvalue weighted by Crippen LogP contribution is 2.36. The predicted octanol–water partition coefficient (Wildman–Crippen LogP) is 3.72. The smallest absolute Gasteiger partial charge is 0.208 e. The van der Waals surface area contributed by atoms with Gasteiger partial charge in [-0.3, -0.25) is 0 Å². The highest BCUT2D eigenvalue weighted by Gasteiger charge is 2.24. The van der Waals surface area contributed by atoms with Gasteiger partial charge in [0.1, 0.15) is 0 Å². The summed E-state index contributed by atoms with van der Waals surface area (Å²) in [4.78, 5) is 5.71. The van der Waals surface area contributed by atoms with E-state index in [1.54, 1.807) is 24.3 Å². The van der Waals surface area contributed by atoms with Gasteiger partial charge in [0, 0.05) is 47.8 Å². The molecular formula is C18H17Cl2N3O2S. The molecule has 26 heavy (non-hydrogen) atoms. The molecular weight excluding hydrogens is 393 g/mol. The van der Waals surface area contributed by atoms with Gasteiger partial charge in [-0.05, 0) is 30.3 Å². The minimum absolute atomic E-state index is 0.162. The van der Waals surface area contributed by atoms with Crippen molar-refractivity contribution in [3.8, 4) is 0 Å². The first-order valence-electron chi connectivity index (χ1n) is 8.24. The largest absolute Gasteiger partial charge is 0.367 e. The third-order valence-corrected chi connectivity index (χ3v) is 6.79. The molecule has 4 rings (SSSR count). The van der Waals surface area contributed by atoms with E-state index in [1.807, 2.05) is 6.07 Å². The minimum atomic E-state index is -3.71. The van der Waals surface area contributed by atoms with Crippen LogP contribution in [0.3, 0.4) is 0 Å². The van der Waals surface area contributed by atoms with E-state index in [0.29, 0.717) is 15.4 Å². The van der Waals surface area contributed by atoms with Gasteiger partial charge in [-0.1, -0.05) is 29.3 Å². The number of anilines is 1. The van der Waals surface area contributed by atoms with Gasteiger partial charge in [-0.15, -0.1) is 0 Å². The number of hydrogen-bond donors (Lipinski definition) is 2. The fourth-order valence-electron chi connectivity index (χ4n) is 3.29. The molecule has 0 atom stereocenters. The Labute approximate surface area is 161 Å². The van der Waals surface area contributed by atoms with E-state index < -0.39 is 9.84 Å². The van der Waals surface area contributed by atoms with E-state index >= 15 is 0 Å². The molecule has 0 unspecified atom stereocenters. The Bertz CT molecular complexity index is 1070. The van der Waals surface area contributed by atoms with Crippen molar-refractivity contribution in [2.75, 3.05) is 31.1 Å². The highest BCUT2D eigenvalue weighted by atomic mass is 35.5. The van der Waals surface area contributed by atoms with Crippen LogP contribution in [0.1, 0.15) is 0 Å². The van der Waals surface area contributed by atoms with E-state index in [1.165, 1.54) is 12.3 Å². The van der Waals surface area contributed by atoms with Crippen molar-refractivity contribution in [3.05, 3.63) is 52.6 Å². The lowest BCUT2D eigenvalue weighted by Crippen LogP contribution is -2.43. The van der Waals surface area contributed by atoms with Gasteiger partial charge >= 0.3 is 0 Å². The normalized spacial score (nSPS) is 15.5. The van der Waals surface area contributed by atoms with Crippen LogP contribution >= 0.6 is 23.2 Å². The van der Waals surface area contributed by atoms with Gasteiger partial charge in [0.15, 0.2) is 0 Å². The molecule has 136 valence electrons. The van der Waals surface area contributed by atoms with Crippen molar-refractivity contribution in [1.29, 1.82) is 0 Å². The van der Waals surface area contributed by atoms with E-state index in [2.05, 4.69) is 15.2 Å². The van der Waals surface area contributed by atoms with Crippen molar-refractivity contribution < 1.29 is 8.42 Å². The summed E-state index contributed by atoms with van der Waals surface area (Å²) in [5.41, 5.74) is 1.69. The molecule has 2 N–H and O–H groups in total. The van der Waals surface area contributed by atoms with Crippen LogP contribution in [0.4, 0.5) is 5.69 Å². The molecule has 0 spiro atoms. The van der Waals surface area contributed by atoms with Gasteiger partial charge in [0.05, 0.1) is 21.0 Å². The number of piperazine rings is 1. The van der Waals surface area contributed by atoms with E-state index in [4.69, 9.17) is 23.2 Å². The zero-order valence-electron chi connectivity index (χ0n) is 13.8. The molecule has 2 aromatic carbocycles. The quantitative estimate of drug-likeness (QED) is 0.691. The SMILES string of the molecule is O=S(=O)(c1cccc(Cl)c1)c1c[nH]c2c(N3CCNCC3)cc(Cl)cc12. The lowest BCUT2D eigenvalue weighted by molar-refractivity contribution is 0.590. The number of fused-ring (bicyclic) bond motifs is 1. The molecule has 0 aliphatic carbocycles. The van der Waals surface area contributed by atoms with Crippen molar-refractivity contribution in [1.82, 2.24) is 10.3 Å². The fraction of sp³-hybridized carbons (Fsp3) is 0.222. The van der Waals surface area contributed by atoms with Gasteiger partial charge in [0.2, 0.25) is 9.84 Å². The lowest BCUT2D eigenvalue weighted by Gasteiger charge is -2.30. The monoisotopic (exact) mass is 409 g/mol. The molecule has 1 aliphatic heterocycles. The molecule has 1 saturated heterocycles. The van der Waals surface area contributed by atoms with Crippen LogP contribution in [0.2, 0.25) is 10.0 Å². The number of aromatic amines is 1. The molecule has 2 heterocycles. The van der Waals surface area contributed by atoms with Gasteiger partial charge < -0.3 is 15.2 Å². The molecule has 0 saturated carbocycles. The first-order valence-corrected chi connectivity index (χ1v) is 10.5. The Morgan fingerprint density at radius 1 is 1.00 bits per heavy atom. The Balaban J connectivity index is 1.88. The number of nitrogens with zero attached hydrogens (tertiary/aromatic N) is 1. The van der Waals surface area contributed by atoms with Crippen LogP contribution < -0.4 is 10.2 Å². The van der Waals surface area contributed by atoms with Crippen molar-refractivity contribution in [3.63, 3.8) is 0 Å². The lowest BCUT2D eigenvalue weighted by atomic mass is 10.2. The zero-order chi connectivity index (χ0) is 18.3. The number of halogens is 2. The highest BCUT2D eigenvalue weighted by molar-refractivity contribution is 7.91. The summed E-state index contributed by atoms with van der Waals surface area (Å²) in [6.45, 7) is 3.43. The van der Waals surface area contributed by atoms with Gasteiger partial charge in [0.25, 0.3) is 0 Å². The average molecular weight is 410 g/mol. The first kappa shape index (κ1) is 17.7. The first-order chi connectivity index (χ1) is 12.5. The summed E-state index contributed by atoms with van der Waals surface area (Å²) in [6.07, 6.45) is 1.53. The number of aromatic nitrogens is 1. The molecule has 0 radical (unpaired) electrons. The van der Waals surface area contributed by atoms with Crippen molar-refractivity contribution >= 4 is 49.6 Å². The molecule has 1 aliphatic rings. The van der Waals surface area contributed by atoms with E-state index in [0.717, 1.165) is 37.4 Å². The summed E-state index contributed by atoms with van der Waals surface area (Å²) in [7, 11) is -3.71. The van der Waals surface area contributed by atoms with E-state index in [9.17, 15) is 8.42 Å². The number of hydrogen-bond acceptors (Lipinski definition) is 4. The topological polar surface area (TPSA) is 65.2 Å². The summed E-state index contributed by atoms with van der Waals surface area (Å²) in [5, 5.41) is 4.79. The van der Waals surface area contributed by atoms with Gasteiger partial charge in [-0.2, -0.15) is 0 Å². The number of nitrogens with one attached hydrogen (secondary N) is 2. The Kier molecular flexibility index (Phi) is 4.61. The summed E-state index contributed by atoms with van der Waals surface area (Å²) >= 11 is 12.3. The van der Waals surface area contributed by atoms with Crippen LogP contribution in [0.5, 0.6) is 0 Å². The molecule has 1 aromatic heterocycles. The Hall–Kier alpha value is -1.73. The third kappa shape index (κ3) is 3.07. The van der Waals surface area contributed by atoms with Crippen LogP contribution in [-0.2, 0) is 9.84 Å². The second kappa shape index (κ2) is 6.78. The standard InChI is InChI=1S/C18H17Cl2N3O2S/c19-12-2-1-3-14(8-12)26(24,25)17-11-22-18-15(17)9-13(20)10-16(18)23-6-4-21-5-7-23/h1-3,8-11,21-22H,4-7H2. The minimum Gasteiger partial charge on any atom is -0.367 e. The van der Waals surface area contributed by atoms with Crippen LogP contribution in [0.25, 0.3) is 10.9 Å².